The number of para-hydroxylation sites is 1. The molecule has 1 amide bonds. The average Bonchev–Trinajstić information content (AvgIpc) is 2.99. The van der Waals surface area contributed by atoms with Gasteiger partial charge < -0.3 is 9.30 Å². The summed E-state index contributed by atoms with van der Waals surface area (Å²) in [6.07, 6.45) is 1.63. The summed E-state index contributed by atoms with van der Waals surface area (Å²) in [5, 5.41) is 5.13. The predicted molar refractivity (Wildman–Crippen MR) is 124 cm³/mol. The minimum atomic E-state index is -0.290. The van der Waals surface area contributed by atoms with Gasteiger partial charge in [0.1, 0.15) is 6.54 Å². The van der Waals surface area contributed by atoms with Crippen molar-refractivity contribution >= 4 is 29.0 Å². The van der Waals surface area contributed by atoms with Crippen molar-refractivity contribution in [3.63, 3.8) is 0 Å². The van der Waals surface area contributed by atoms with Crippen molar-refractivity contribution in [2.45, 2.75) is 46.6 Å². The van der Waals surface area contributed by atoms with Crippen LogP contribution in [0.1, 0.15) is 54.9 Å². The minimum absolute atomic E-state index is 0.0302. The molecule has 1 aromatic heterocycles. The van der Waals surface area contributed by atoms with Gasteiger partial charge in [0.05, 0.1) is 12.8 Å². The monoisotopic (exact) mass is 419 g/mol. The number of benzene rings is 2. The number of ether oxygens (including phenoxy) is 1. The van der Waals surface area contributed by atoms with Gasteiger partial charge >= 0.3 is 5.97 Å². The van der Waals surface area contributed by atoms with Crippen molar-refractivity contribution in [1.82, 2.24) is 9.99 Å². The second-order valence-electron chi connectivity index (χ2n) is 8.43. The molecule has 31 heavy (non-hydrogen) atoms. The normalized spacial score (nSPS) is 11.8. The summed E-state index contributed by atoms with van der Waals surface area (Å²) >= 11 is 0. The molecular formula is C25H29N3O3. The summed E-state index contributed by atoms with van der Waals surface area (Å²) in [5.74, 6) is -0.563. The molecule has 162 valence electrons. The van der Waals surface area contributed by atoms with Crippen LogP contribution in [0.3, 0.4) is 0 Å². The van der Waals surface area contributed by atoms with E-state index in [0.717, 1.165) is 27.7 Å². The number of nitrogens with zero attached hydrogens (tertiary/aromatic N) is 2. The lowest BCUT2D eigenvalue weighted by Crippen LogP contribution is -2.18. The van der Waals surface area contributed by atoms with Gasteiger partial charge in [0, 0.05) is 27.7 Å². The Bertz CT molecular complexity index is 1120. The van der Waals surface area contributed by atoms with E-state index in [0.29, 0.717) is 12.2 Å². The third kappa shape index (κ3) is 5.02. The van der Waals surface area contributed by atoms with Gasteiger partial charge in [-0.2, -0.15) is 5.10 Å². The number of aromatic nitrogens is 1. The van der Waals surface area contributed by atoms with Gasteiger partial charge in [0.2, 0.25) is 0 Å². The predicted octanol–water partition coefficient (Wildman–Crippen LogP) is 4.57. The number of hydrogen-bond donors (Lipinski definition) is 1. The zero-order valence-corrected chi connectivity index (χ0v) is 18.7. The quantitative estimate of drug-likeness (QED) is 0.361. The highest BCUT2D eigenvalue weighted by atomic mass is 16.5. The molecule has 1 N–H and O–H groups in total. The summed E-state index contributed by atoms with van der Waals surface area (Å²) in [4.78, 5) is 24.5. The Morgan fingerprint density at radius 1 is 1.10 bits per heavy atom. The van der Waals surface area contributed by atoms with E-state index in [1.54, 1.807) is 13.1 Å². The number of hydrazone groups is 1. The Balaban J connectivity index is 1.80. The number of amides is 1. The number of nitrogens with one attached hydrogen (secondary N) is 1. The first-order valence-electron chi connectivity index (χ1n) is 10.4. The van der Waals surface area contributed by atoms with Crippen LogP contribution in [0.4, 0.5) is 0 Å². The van der Waals surface area contributed by atoms with Gasteiger partial charge in [0.25, 0.3) is 5.91 Å². The SMILES string of the molecule is CCOC(=O)Cn1c(C)c(/C=N\NC(=O)c2ccc(C(C)(C)C)cc2)c2ccccc21. The van der Waals surface area contributed by atoms with E-state index in [1.807, 2.05) is 60.0 Å². The van der Waals surface area contributed by atoms with E-state index < -0.39 is 0 Å². The standard InChI is InChI=1S/C25H29N3O3/c1-6-31-23(29)16-28-17(2)21(20-9-7-8-10-22(20)28)15-26-27-24(30)18-11-13-19(14-12-18)25(3,4)5/h7-15H,6,16H2,1-5H3,(H,27,30)/b26-15-. The molecule has 0 aliphatic carbocycles. The van der Waals surface area contributed by atoms with E-state index in [9.17, 15) is 9.59 Å². The Hall–Kier alpha value is -3.41. The molecule has 6 nitrogen and oxygen atoms in total. The highest BCUT2D eigenvalue weighted by Gasteiger charge is 2.16. The van der Waals surface area contributed by atoms with Crippen LogP contribution in [-0.4, -0.2) is 29.3 Å². The molecular weight excluding hydrogens is 390 g/mol. The summed E-state index contributed by atoms with van der Waals surface area (Å²) in [6.45, 7) is 10.6. The van der Waals surface area contributed by atoms with Crippen LogP contribution in [0.2, 0.25) is 0 Å². The largest absolute Gasteiger partial charge is 0.465 e. The van der Waals surface area contributed by atoms with Crippen molar-refractivity contribution in [3.8, 4) is 0 Å². The van der Waals surface area contributed by atoms with Gasteiger partial charge in [-0.3, -0.25) is 9.59 Å². The molecule has 0 aliphatic heterocycles. The van der Waals surface area contributed by atoms with Gasteiger partial charge in [-0.15, -0.1) is 0 Å². The summed E-state index contributed by atoms with van der Waals surface area (Å²) in [5.41, 5.74) is 6.98. The first kappa shape index (κ1) is 22.3. The molecule has 0 saturated heterocycles. The Kier molecular flexibility index (Phi) is 6.59. The van der Waals surface area contributed by atoms with Gasteiger partial charge in [0.15, 0.2) is 0 Å². The lowest BCUT2D eigenvalue weighted by molar-refractivity contribution is -0.143. The lowest BCUT2D eigenvalue weighted by atomic mass is 9.87. The molecule has 6 heteroatoms. The molecule has 0 aliphatic rings. The van der Waals surface area contributed by atoms with Crippen molar-refractivity contribution in [1.29, 1.82) is 0 Å². The number of rotatable bonds is 6. The van der Waals surface area contributed by atoms with Crippen molar-refractivity contribution in [2.75, 3.05) is 6.61 Å². The van der Waals surface area contributed by atoms with Crippen molar-refractivity contribution in [2.24, 2.45) is 5.10 Å². The third-order valence-electron chi connectivity index (χ3n) is 5.25. The zero-order valence-electron chi connectivity index (χ0n) is 18.7. The molecule has 0 unspecified atom stereocenters. The van der Waals surface area contributed by atoms with Gasteiger partial charge in [-0.25, -0.2) is 5.43 Å². The average molecular weight is 420 g/mol. The Morgan fingerprint density at radius 3 is 2.42 bits per heavy atom. The molecule has 2 aromatic carbocycles. The molecule has 0 saturated carbocycles. The fourth-order valence-corrected chi connectivity index (χ4v) is 3.50. The summed E-state index contributed by atoms with van der Waals surface area (Å²) in [7, 11) is 0. The van der Waals surface area contributed by atoms with E-state index in [2.05, 4.69) is 31.3 Å². The van der Waals surface area contributed by atoms with E-state index >= 15 is 0 Å². The van der Waals surface area contributed by atoms with Crippen LogP contribution in [0.15, 0.2) is 53.6 Å². The topological polar surface area (TPSA) is 72.7 Å². The number of carbonyl (C=O) groups is 2. The second kappa shape index (κ2) is 9.16. The molecule has 0 atom stereocenters. The van der Waals surface area contributed by atoms with Crippen LogP contribution in [0.5, 0.6) is 0 Å². The Morgan fingerprint density at radius 2 is 1.77 bits per heavy atom. The number of esters is 1. The first-order valence-corrected chi connectivity index (χ1v) is 10.4. The van der Waals surface area contributed by atoms with Crippen LogP contribution in [-0.2, 0) is 21.5 Å². The molecule has 0 bridgehead atoms. The molecule has 3 rings (SSSR count). The third-order valence-corrected chi connectivity index (χ3v) is 5.25. The molecule has 0 spiro atoms. The zero-order chi connectivity index (χ0) is 22.6. The number of carbonyl (C=O) groups excluding carboxylic acids is 2. The van der Waals surface area contributed by atoms with Gasteiger partial charge in [-0.1, -0.05) is 51.1 Å². The molecule has 1 heterocycles. The van der Waals surface area contributed by atoms with Crippen LogP contribution >= 0.6 is 0 Å². The maximum Gasteiger partial charge on any atom is 0.325 e. The smallest absolute Gasteiger partial charge is 0.325 e. The van der Waals surface area contributed by atoms with E-state index in [-0.39, 0.29) is 23.8 Å². The maximum atomic E-state index is 12.5. The van der Waals surface area contributed by atoms with Crippen LogP contribution in [0, 0.1) is 6.92 Å². The first-order chi connectivity index (χ1) is 14.7. The summed E-state index contributed by atoms with van der Waals surface area (Å²) < 4.78 is 7.00. The molecule has 0 radical (unpaired) electrons. The Labute approximate surface area is 182 Å². The number of hydrogen-bond acceptors (Lipinski definition) is 4. The summed E-state index contributed by atoms with van der Waals surface area (Å²) in [6, 6.07) is 15.3. The van der Waals surface area contributed by atoms with Crippen molar-refractivity contribution in [3.05, 3.63) is 70.9 Å². The van der Waals surface area contributed by atoms with Gasteiger partial charge in [-0.05, 0) is 43.0 Å². The van der Waals surface area contributed by atoms with E-state index in [1.165, 1.54) is 0 Å². The lowest BCUT2D eigenvalue weighted by Gasteiger charge is -2.18. The highest BCUT2D eigenvalue weighted by Crippen LogP contribution is 2.25. The fourth-order valence-electron chi connectivity index (χ4n) is 3.50. The van der Waals surface area contributed by atoms with Crippen LogP contribution < -0.4 is 5.43 Å². The maximum absolute atomic E-state index is 12.5. The minimum Gasteiger partial charge on any atom is -0.465 e. The molecule has 0 fully saturated rings. The molecule has 3 aromatic rings. The highest BCUT2D eigenvalue weighted by molar-refractivity contribution is 6.02. The second-order valence-corrected chi connectivity index (χ2v) is 8.43. The number of fused-ring (bicyclic) bond motifs is 1. The van der Waals surface area contributed by atoms with E-state index in [4.69, 9.17) is 4.74 Å². The van der Waals surface area contributed by atoms with Crippen LogP contribution in [0.25, 0.3) is 10.9 Å². The fraction of sp³-hybridized carbons (Fsp3) is 0.320. The van der Waals surface area contributed by atoms with Crippen molar-refractivity contribution < 1.29 is 14.3 Å².